The first-order valence-corrected chi connectivity index (χ1v) is 11.5. The second kappa shape index (κ2) is 9.51. The van der Waals surface area contributed by atoms with Crippen molar-refractivity contribution < 1.29 is 14.0 Å². The molecule has 0 radical (unpaired) electrons. The third kappa shape index (κ3) is 4.88. The molecule has 3 rings (SSSR count). The number of hydrogen-bond acceptors (Lipinski definition) is 3. The van der Waals surface area contributed by atoms with Crippen molar-refractivity contribution in [3.8, 4) is 0 Å². The third-order valence-corrected chi connectivity index (χ3v) is 6.25. The molecule has 6 nitrogen and oxygen atoms in total. The number of halogens is 1. The molecule has 2 aromatic rings. The standard InChI is InChI=1S/C26H35FN4O2/c1-8-30(9-2)13-12-28-25(33)23-16(3)22(31(17(23)4)26(5,6)7)15-20-19-14-18(27)10-11-21(19)29-24(20)32/h10-11,14-15H,8-9,12-13H2,1-7H3,(H,28,33)(H,29,32)/b20-15-. The zero-order chi connectivity index (χ0) is 24.5. The molecule has 2 amide bonds. The van der Waals surface area contributed by atoms with Crippen molar-refractivity contribution in [2.45, 2.75) is 54.0 Å². The van der Waals surface area contributed by atoms with Crippen LogP contribution in [0.15, 0.2) is 18.2 Å². The summed E-state index contributed by atoms with van der Waals surface area (Å²) >= 11 is 0. The fraction of sp³-hybridized carbons (Fsp3) is 0.462. The van der Waals surface area contributed by atoms with Crippen molar-refractivity contribution in [2.75, 3.05) is 31.5 Å². The van der Waals surface area contributed by atoms with E-state index in [1.165, 1.54) is 12.1 Å². The van der Waals surface area contributed by atoms with Crippen LogP contribution in [-0.2, 0) is 10.3 Å². The van der Waals surface area contributed by atoms with Gasteiger partial charge >= 0.3 is 0 Å². The van der Waals surface area contributed by atoms with E-state index in [-0.39, 0.29) is 17.4 Å². The fourth-order valence-corrected chi connectivity index (χ4v) is 4.63. The van der Waals surface area contributed by atoms with E-state index >= 15 is 0 Å². The molecular formula is C26H35FN4O2. The van der Waals surface area contributed by atoms with Gasteiger partial charge in [0.2, 0.25) is 0 Å². The Bertz CT molecular complexity index is 1100. The summed E-state index contributed by atoms with van der Waals surface area (Å²) < 4.78 is 16.0. The summed E-state index contributed by atoms with van der Waals surface area (Å²) in [6, 6.07) is 4.27. The first kappa shape index (κ1) is 24.7. The molecule has 1 aromatic carbocycles. The SMILES string of the molecule is CCN(CC)CCNC(=O)c1c(C)c(/C=C2\C(=O)Nc3ccc(F)cc32)n(C(C)(C)C)c1C. The number of anilines is 1. The Morgan fingerprint density at radius 2 is 1.88 bits per heavy atom. The molecule has 33 heavy (non-hydrogen) atoms. The van der Waals surface area contributed by atoms with Crippen LogP contribution in [0.4, 0.5) is 10.1 Å². The number of hydrogen-bond donors (Lipinski definition) is 2. The largest absolute Gasteiger partial charge is 0.351 e. The zero-order valence-electron chi connectivity index (χ0n) is 20.7. The second-order valence-corrected chi connectivity index (χ2v) is 9.46. The summed E-state index contributed by atoms with van der Waals surface area (Å²) in [4.78, 5) is 28.2. The molecule has 0 fully saturated rings. The summed E-state index contributed by atoms with van der Waals surface area (Å²) in [6.45, 7) is 17.4. The molecule has 2 N–H and O–H groups in total. The monoisotopic (exact) mass is 454 g/mol. The van der Waals surface area contributed by atoms with Gasteiger partial charge in [-0.05, 0) is 77.5 Å². The third-order valence-electron chi connectivity index (χ3n) is 6.25. The molecule has 0 spiro atoms. The Kier molecular flexibility index (Phi) is 7.12. The lowest BCUT2D eigenvalue weighted by molar-refractivity contribution is -0.110. The highest BCUT2D eigenvalue weighted by Crippen LogP contribution is 2.37. The van der Waals surface area contributed by atoms with E-state index in [4.69, 9.17) is 0 Å². The number of nitrogens with one attached hydrogen (secondary N) is 2. The maximum atomic E-state index is 13.9. The van der Waals surface area contributed by atoms with Gasteiger partial charge in [-0.15, -0.1) is 0 Å². The first-order valence-electron chi connectivity index (χ1n) is 11.5. The van der Waals surface area contributed by atoms with Crippen LogP contribution in [-0.4, -0.2) is 47.5 Å². The van der Waals surface area contributed by atoms with Crippen LogP contribution < -0.4 is 10.6 Å². The lowest BCUT2D eigenvalue weighted by Crippen LogP contribution is -2.35. The summed E-state index contributed by atoms with van der Waals surface area (Å²) in [5, 5.41) is 5.85. The van der Waals surface area contributed by atoms with Crippen molar-refractivity contribution in [2.24, 2.45) is 0 Å². The average molecular weight is 455 g/mol. The molecule has 0 saturated heterocycles. The van der Waals surface area contributed by atoms with Gasteiger partial charge < -0.3 is 20.1 Å². The van der Waals surface area contributed by atoms with Crippen molar-refractivity contribution in [3.63, 3.8) is 0 Å². The van der Waals surface area contributed by atoms with Gasteiger partial charge in [-0.2, -0.15) is 0 Å². The summed E-state index contributed by atoms with van der Waals surface area (Å²) in [6.07, 6.45) is 1.78. The topological polar surface area (TPSA) is 66.4 Å². The smallest absolute Gasteiger partial charge is 0.256 e. The number of amides is 2. The van der Waals surface area contributed by atoms with Gasteiger partial charge in [0, 0.05) is 41.3 Å². The van der Waals surface area contributed by atoms with E-state index in [0.717, 1.165) is 36.6 Å². The van der Waals surface area contributed by atoms with E-state index in [9.17, 15) is 14.0 Å². The highest BCUT2D eigenvalue weighted by molar-refractivity contribution is 6.35. The highest BCUT2D eigenvalue weighted by atomic mass is 19.1. The number of rotatable bonds is 7. The van der Waals surface area contributed by atoms with Crippen molar-refractivity contribution in [3.05, 3.63) is 52.1 Å². The maximum absolute atomic E-state index is 13.9. The molecule has 0 saturated carbocycles. The Balaban J connectivity index is 2.05. The lowest BCUT2D eigenvalue weighted by Gasteiger charge is -2.26. The van der Waals surface area contributed by atoms with Gasteiger partial charge in [0.05, 0.1) is 11.1 Å². The van der Waals surface area contributed by atoms with E-state index in [0.29, 0.717) is 28.9 Å². The molecule has 0 aliphatic carbocycles. The maximum Gasteiger partial charge on any atom is 0.256 e. The van der Waals surface area contributed by atoms with Gasteiger partial charge in [0.25, 0.3) is 11.8 Å². The summed E-state index contributed by atoms with van der Waals surface area (Å²) in [5.74, 6) is -0.801. The minimum atomic E-state index is -0.400. The molecule has 1 aromatic heterocycles. The van der Waals surface area contributed by atoms with Crippen LogP contribution >= 0.6 is 0 Å². The highest BCUT2D eigenvalue weighted by Gasteiger charge is 2.30. The van der Waals surface area contributed by atoms with Crippen LogP contribution in [0.2, 0.25) is 0 Å². The predicted octanol–water partition coefficient (Wildman–Crippen LogP) is 4.56. The number of carbonyl (C=O) groups is 2. The molecule has 0 bridgehead atoms. The van der Waals surface area contributed by atoms with Crippen molar-refractivity contribution >= 4 is 29.2 Å². The zero-order valence-corrected chi connectivity index (χ0v) is 20.7. The van der Waals surface area contributed by atoms with Crippen molar-refractivity contribution in [1.82, 2.24) is 14.8 Å². The number of nitrogens with zero attached hydrogens (tertiary/aromatic N) is 2. The lowest BCUT2D eigenvalue weighted by atomic mass is 10.0. The number of carbonyl (C=O) groups excluding carboxylic acids is 2. The van der Waals surface area contributed by atoms with Gasteiger partial charge in [-0.1, -0.05) is 13.8 Å². The van der Waals surface area contributed by atoms with E-state index in [1.807, 2.05) is 13.8 Å². The number of likely N-dealkylation sites (N-methyl/N-ethyl adjacent to an activating group) is 1. The van der Waals surface area contributed by atoms with Crippen LogP contribution in [0.5, 0.6) is 0 Å². The fourth-order valence-electron chi connectivity index (χ4n) is 4.63. The molecular weight excluding hydrogens is 419 g/mol. The number of aromatic nitrogens is 1. The number of benzene rings is 1. The average Bonchev–Trinajstić information content (AvgIpc) is 3.18. The minimum Gasteiger partial charge on any atom is -0.351 e. The molecule has 1 aliphatic heterocycles. The van der Waals surface area contributed by atoms with E-state index in [1.54, 1.807) is 12.1 Å². The van der Waals surface area contributed by atoms with Crippen LogP contribution in [0.25, 0.3) is 11.6 Å². The predicted molar refractivity (Wildman–Crippen MR) is 132 cm³/mol. The van der Waals surface area contributed by atoms with Gasteiger partial charge in [-0.25, -0.2) is 4.39 Å². The van der Waals surface area contributed by atoms with Gasteiger partial charge in [-0.3, -0.25) is 9.59 Å². The quantitative estimate of drug-likeness (QED) is 0.603. The van der Waals surface area contributed by atoms with Crippen molar-refractivity contribution in [1.29, 1.82) is 0 Å². The molecule has 1 aliphatic rings. The van der Waals surface area contributed by atoms with E-state index in [2.05, 4.69) is 54.7 Å². The van der Waals surface area contributed by atoms with Gasteiger partial charge in [0.1, 0.15) is 5.82 Å². The second-order valence-electron chi connectivity index (χ2n) is 9.46. The van der Waals surface area contributed by atoms with Crippen LogP contribution in [0.3, 0.4) is 0 Å². The molecule has 0 unspecified atom stereocenters. The number of fused-ring (bicyclic) bond motifs is 1. The molecule has 2 heterocycles. The Morgan fingerprint density at radius 1 is 1.21 bits per heavy atom. The molecule has 0 atom stereocenters. The summed E-state index contributed by atoms with van der Waals surface area (Å²) in [5.41, 5.74) is 4.21. The normalized spacial score (nSPS) is 14.7. The van der Waals surface area contributed by atoms with Gasteiger partial charge in [0.15, 0.2) is 0 Å². The first-order chi connectivity index (χ1) is 15.5. The Labute approximate surface area is 195 Å². The van der Waals surface area contributed by atoms with Crippen LogP contribution in [0, 0.1) is 19.7 Å². The summed E-state index contributed by atoms with van der Waals surface area (Å²) in [7, 11) is 0. The molecule has 7 heteroatoms. The van der Waals surface area contributed by atoms with Crippen LogP contribution in [0.1, 0.15) is 67.5 Å². The Hall–Kier alpha value is -2.93. The molecule has 178 valence electrons. The van der Waals surface area contributed by atoms with E-state index < -0.39 is 5.82 Å². The Morgan fingerprint density at radius 3 is 2.48 bits per heavy atom. The minimum absolute atomic E-state index is 0.123.